The van der Waals surface area contributed by atoms with Crippen LogP contribution in [0.5, 0.6) is 5.75 Å². The van der Waals surface area contributed by atoms with Crippen molar-refractivity contribution in [2.24, 2.45) is 0 Å². The van der Waals surface area contributed by atoms with Crippen LogP contribution in [0.15, 0.2) is 30.3 Å². The van der Waals surface area contributed by atoms with Crippen molar-refractivity contribution in [3.63, 3.8) is 0 Å². The fourth-order valence-electron chi connectivity index (χ4n) is 3.34. The summed E-state index contributed by atoms with van der Waals surface area (Å²) < 4.78 is 12.5. The molecule has 1 aromatic carbocycles. The van der Waals surface area contributed by atoms with Crippen LogP contribution in [-0.4, -0.2) is 47.5 Å². The van der Waals surface area contributed by atoms with Gasteiger partial charge in [0.2, 0.25) is 5.91 Å². The van der Waals surface area contributed by atoms with Crippen molar-refractivity contribution in [3.05, 3.63) is 47.3 Å². The number of amides is 1. The number of hydrogen-bond donors (Lipinski definition) is 1. The second-order valence-corrected chi connectivity index (χ2v) is 6.70. The van der Waals surface area contributed by atoms with E-state index in [1.165, 1.54) is 18.4 Å². The molecule has 0 unspecified atom stereocenters. The number of benzene rings is 1. The minimum absolute atomic E-state index is 0.0716. The largest absolute Gasteiger partial charge is 0.494 e. The van der Waals surface area contributed by atoms with Gasteiger partial charge < -0.3 is 14.8 Å². The average molecular weight is 372 g/mol. The molecule has 3 rings (SSSR count). The fraction of sp³-hybridized carbons (Fsp3) is 0.500. The lowest BCUT2D eigenvalue weighted by Gasteiger charge is -2.20. The molecule has 146 valence electrons. The lowest BCUT2D eigenvalue weighted by Crippen LogP contribution is -2.26. The van der Waals surface area contributed by atoms with Crippen molar-refractivity contribution in [2.75, 3.05) is 26.9 Å². The first kappa shape index (κ1) is 19.4. The molecule has 0 atom stereocenters. The highest BCUT2D eigenvalue weighted by Crippen LogP contribution is 2.19. The Balaban J connectivity index is 1.62. The van der Waals surface area contributed by atoms with Crippen LogP contribution in [-0.2, 0) is 35.7 Å². The summed E-state index contributed by atoms with van der Waals surface area (Å²) in [6.45, 7) is 6.83. The topological polar surface area (TPSA) is 68.6 Å². The summed E-state index contributed by atoms with van der Waals surface area (Å²) >= 11 is 0. The summed E-state index contributed by atoms with van der Waals surface area (Å²) in [4.78, 5) is 14.0. The maximum atomic E-state index is 11.6. The van der Waals surface area contributed by atoms with E-state index in [0.717, 1.165) is 44.0 Å². The van der Waals surface area contributed by atoms with Crippen molar-refractivity contribution in [1.29, 1.82) is 0 Å². The van der Waals surface area contributed by atoms with E-state index in [4.69, 9.17) is 9.47 Å². The molecule has 1 N–H and O–H groups in total. The molecule has 7 heteroatoms. The van der Waals surface area contributed by atoms with E-state index in [1.807, 2.05) is 19.1 Å². The standard InChI is InChI=1S/C20H28N4O3/c1-3-27-19-7-4-6-16(10-19)13-23-8-5-9-24-18(14-23)11-17(22-24)12-21-20(25)15-26-2/h4,6-7,10-11H,3,5,8-9,12-15H2,1-2H3,(H,21,25). The van der Waals surface area contributed by atoms with Gasteiger partial charge in [-0.15, -0.1) is 0 Å². The van der Waals surface area contributed by atoms with Crippen LogP contribution in [0, 0.1) is 0 Å². The Morgan fingerprint density at radius 3 is 3.00 bits per heavy atom. The van der Waals surface area contributed by atoms with Crippen LogP contribution in [0.4, 0.5) is 0 Å². The summed E-state index contributed by atoms with van der Waals surface area (Å²) in [5.41, 5.74) is 3.32. The maximum Gasteiger partial charge on any atom is 0.246 e. The number of ether oxygens (including phenoxy) is 2. The van der Waals surface area contributed by atoms with Crippen molar-refractivity contribution in [3.8, 4) is 5.75 Å². The molecule has 7 nitrogen and oxygen atoms in total. The van der Waals surface area contributed by atoms with Crippen molar-refractivity contribution < 1.29 is 14.3 Å². The zero-order valence-electron chi connectivity index (χ0n) is 16.1. The molecule has 0 radical (unpaired) electrons. The molecule has 0 saturated carbocycles. The highest BCUT2D eigenvalue weighted by Gasteiger charge is 2.17. The third-order valence-electron chi connectivity index (χ3n) is 4.50. The molecule has 0 bridgehead atoms. The van der Waals surface area contributed by atoms with Gasteiger partial charge in [0.25, 0.3) is 0 Å². The molecule has 27 heavy (non-hydrogen) atoms. The Kier molecular flexibility index (Phi) is 6.84. The summed E-state index contributed by atoms with van der Waals surface area (Å²) in [6, 6.07) is 10.4. The fourth-order valence-corrected chi connectivity index (χ4v) is 3.34. The van der Waals surface area contributed by atoms with Crippen LogP contribution in [0.3, 0.4) is 0 Å². The van der Waals surface area contributed by atoms with Gasteiger partial charge in [0.15, 0.2) is 0 Å². The summed E-state index contributed by atoms with van der Waals surface area (Å²) in [5, 5.41) is 7.46. The SMILES string of the molecule is CCOc1cccc(CN2CCCn3nc(CNC(=O)COC)cc3C2)c1. The van der Waals surface area contributed by atoms with Crippen LogP contribution in [0.25, 0.3) is 0 Å². The molecule has 0 saturated heterocycles. The number of fused-ring (bicyclic) bond motifs is 1. The molecule has 0 fully saturated rings. The molecular weight excluding hydrogens is 344 g/mol. The molecule has 2 aromatic rings. The molecule has 2 heterocycles. The Morgan fingerprint density at radius 1 is 1.30 bits per heavy atom. The van der Waals surface area contributed by atoms with Gasteiger partial charge in [-0.1, -0.05) is 12.1 Å². The molecule has 0 aliphatic carbocycles. The predicted molar refractivity (Wildman–Crippen MR) is 102 cm³/mol. The van der Waals surface area contributed by atoms with Gasteiger partial charge in [0, 0.05) is 33.3 Å². The normalized spacial score (nSPS) is 14.4. The smallest absolute Gasteiger partial charge is 0.246 e. The van der Waals surface area contributed by atoms with Gasteiger partial charge in [0.05, 0.1) is 24.5 Å². The van der Waals surface area contributed by atoms with E-state index in [2.05, 4.69) is 38.2 Å². The Morgan fingerprint density at radius 2 is 2.19 bits per heavy atom. The number of methoxy groups -OCH3 is 1. The second kappa shape index (κ2) is 9.53. The molecule has 1 aromatic heterocycles. The number of nitrogens with one attached hydrogen (secondary N) is 1. The number of aromatic nitrogens is 2. The van der Waals surface area contributed by atoms with E-state index in [9.17, 15) is 4.79 Å². The van der Waals surface area contributed by atoms with Gasteiger partial charge in [-0.25, -0.2) is 0 Å². The molecule has 1 aliphatic rings. The number of carbonyl (C=O) groups is 1. The molecular formula is C20H28N4O3. The predicted octanol–water partition coefficient (Wildman–Crippen LogP) is 1.95. The highest BCUT2D eigenvalue weighted by atomic mass is 16.5. The number of rotatable bonds is 8. The van der Waals surface area contributed by atoms with Gasteiger partial charge in [-0.2, -0.15) is 5.10 Å². The number of aryl methyl sites for hydroxylation is 1. The zero-order chi connectivity index (χ0) is 19.1. The van der Waals surface area contributed by atoms with Crippen LogP contribution in [0.2, 0.25) is 0 Å². The molecule has 1 amide bonds. The minimum Gasteiger partial charge on any atom is -0.494 e. The summed E-state index contributed by atoms with van der Waals surface area (Å²) in [5.74, 6) is 0.792. The van der Waals surface area contributed by atoms with Crippen molar-refractivity contribution in [1.82, 2.24) is 20.0 Å². The lowest BCUT2D eigenvalue weighted by molar-refractivity contribution is -0.124. The lowest BCUT2D eigenvalue weighted by atomic mass is 10.2. The van der Waals surface area contributed by atoms with Crippen LogP contribution < -0.4 is 10.1 Å². The van der Waals surface area contributed by atoms with Crippen molar-refractivity contribution in [2.45, 2.75) is 39.5 Å². The van der Waals surface area contributed by atoms with E-state index < -0.39 is 0 Å². The first-order valence-corrected chi connectivity index (χ1v) is 9.43. The Labute approximate surface area is 160 Å². The number of hydrogen-bond acceptors (Lipinski definition) is 5. The van der Waals surface area contributed by atoms with E-state index in [1.54, 1.807) is 0 Å². The third kappa shape index (κ3) is 5.55. The van der Waals surface area contributed by atoms with Gasteiger partial charge in [0.1, 0.15) is 12.4 Å². The van der Waals surface area contributed by atoms with E-state index in [-0.39, 0.29) is 12.5 Å². The first-order chi connectivity index (χ1) is 13.2. The van der Waals surface area contributed by atoms with Gasteiger partial charge in [-0.3, -0.25) is 14.4 Å². The summed E-state index contributed by atoms with van der Waals surface area (Å²) in [6.07, 6.45) is 1.05. The van der Waals surface area contributed by atoms with Crippen LogP contribution >= 0.6 is 0 Å². The number of nitrogens with zero attached hydrogens (tertiary/aromatic N) is 3. The van der Waals surface area contributed by atoms with Gasteiger partial charge in [-0.05, 0) is 37.1 Å². The average Bonchev–Trinajstić information content (AvgIpc) is 2.93. The van der Waals surface area contributed by atoms with Crippen LogP contribution in [0.1, 0.15) is 30.3 Å². The Bertz CT molecular complexity index is 759. The third-order valence-corrected chi connectivity index (χ3v) is 4.50. The minimum atomic E-state index is -0.128. The van der Waals surface area contributed by atoms with Crippen molar-refractivity contribution >= 4 is 5.91 Å². The van der Waals surface area contributed by atoms with Gasteiger partial charge >= 0.3 is 0 Å². The Hall–Kier alpha value is -2.38. The van der Waals surface area contributed by atoms with E-state index >= 15 is 0 Å². The summed E-state index contributed by atoms with van der Waals surface area (Å²) in [7, 11) is 1.51. The first-order valence-electron chi connectivity index (χ1n) is 9.43. The molecule has 1 aliphatic heterocycles. The quantitative estimate of drug-likeness (QED) is 0.767. The maximum absolute atomic E-state index is 11.6. The number of carbonyl (C=O) groups excluding carboxylic acids is 1. The van der Waals surface area contributed by atoms with E-state index in [0.29, 0.717) is 13.2 Å². The highest BCUT2D eigenvalue weighted by molar-refractivity contribution is 5.77. The molecule has 0 spiro atoms. The second-order valence-electron chi connectivity index (χ2n) is 6.70. The zero-order valence-corrected chi connectivity index (χ0v) is 16.1. The monoisotopic (exact) mass is 372 g/mol.